The fourth-order valence-electron chi connectivity index (χ4n) is 2.37. The van der Waals surface area contributed by atoms with Gasteiger partial charge >= 0.3 is 6.18 Å². The first-order chi connectivity index (χ1) is 8.42. The predicted octanol–water partition coefficient (Wildman–Crippen LogP) is 3.20. The Morgan fingerprint density at radius 2 is 2.00 bits per heavy atom. The fourth-order valence-corrected chi connectivity index (χ4v) is 2.37. The molecule has 1 aliphatic rings. The molecule has 1 unspecified atom stereocenters. The molecule has 0 spiro atoms. The number of halogens is 3. The molecule has 2 rings (SSSR count). The van der Waals surface area contributed by atoms with Crippen LogP contribution in [-0.2, 0) is 0 Å². The van der Waals surface area contributed by atoms with Gasteiger partial charge in [0, 0.05) is 18.0 Å². The van der Waals surface area contributed by atoms with E-state index in [1.165, 1.54) is 0 Å². The molecule has 0 saturated carbocycles. The highest BCUT2D eigenvalue weighted by Gasteiger charge is 2.37. The van der Waals surface area contributed by atoms with Gasteiger partial charge < -0.3 is 4.90 Å². The van der Waals surface area contributed by atoms with E-state index in [4.69, 9.17) is 0 Å². The lowest BCUT2D eigenvalue weighted by atomic mass is 9.87. The molecule has 0 N–H and O–H groups in total. The summed E-state index contributed by atoms with van der Waals surface area (Å²) < 4.78 is 37.3. The van der Waals surface area contributed by atoms with E-state index in [1.54, 1.807) is 12.1 Å². The number of hydrogen-bond donors (Lipinski definition) is 0. The summed E-state index contributed by atoms with van der Waals surface area (Å²) in [6.07, 6.45) is -3.63. The van der Waals surface area contributed by atoms with Crippen LogP contribution in [-0.4, -0.2) is 30.1 Å². The molecule has 5 heteroatoms. The minimum atomic E-state index is -4.35. The Hall–Kier alpha value is -1.52. The normalized spacial score (nSPS) is 19.9. The zero-order valence-corrected chi connectivity index (χ0v) is 10.00. The van der Waals surface area contributed by atoms with E-state index >= 15 is 0 Å². The number of rotatable bonds is 2. The van der Waals surface area contributed by atoms with Crippen LogP contribution in [0.5, 0.6) is 0 Å². The number of amides is 1. The quantitative estimate of drug-likeness (QED) is 0.796. The number of benzene rings is 1. The summed E-state index contributed by atoms with van der Waals surface area (Å²) in [7, 11) is 0. The van der Waals surface area contributed by atoms with Gasteiger partial charge in [0.2, 0.25) is 0 Å². The summed E-state index contributed by atoms with van der Waals surface area (Å²) >= 11 is 0. The molecule has 0 radical (unpaired) electrons. The Kier molecular flexibility index (Phi) is 3.32. The third-order valence-corrected chi connectivity index (χ3v) is 3.22. The predicted molar refractivity (Wildman–Crippen MR) is 61.4 cm³/mol. The molecule has 0 aromatic heterocycles. The molecule has 0 bridgehead atoms. The number of fused-ring (bicyclic) bond motifs is 1. The van der Waals surface area contributed by atoms with Gasteiger partial charge in [0.15, 0.2) is 0 Å². The maximum absolute atomic E-state index is 12.4. The first-order valence-corrected chi connectivity index (χ1v) is 5.87. The molecule has 1 atom stereocenters. The summed E-state index contributed by atoms with van der Waals surface area (Å²) in [4.78, 5) is 12.9. The summed E-state index contributed by atoms with van der Waals surface area (Å²) in [6.45, 7) is 0.894. The fraction of sp³-hybridized carbons (Fsp3) is 0.462. The summed E-state index contributed by atoms with van der Waals surface area (Å²) in [6, 6.07) is 6.92. The highest BCUT2D eigenvalue weighted by molar-refractivity contribution is 5.97. The standard InChI is InChI=1S/C13H14F3NO/c1-2-9-7-17(8-13(14,15)16)12(18)11-6-4-3-5-10(9)11/h3-6,9H,2,7-8H2,1H3. The van der Waals surface area contributed by atoms with Crippen LogP contribution in [0.2, 0.25) is 0 Å². The van der Waals surface area contributed by atoms with E-state index in [0.29, 0.717) is 5.56 Å². The smallest absolute Gasteiger partial charge is 0.329 e. The highest BCUT2D eigenvalue weighted by Crippen LogP contribution is 2.31. The van der Waals surface area contributed by atoms with Gasteiger partial charge in [-0.3, -0.25) is 4.79 Å². The highest BCUT2D eigenvalue weighted by atomic mass is 19.4. The Morgan fingerprint density at radius 1 is 1.33 bits per heavy atom. The Labute approximate surface area is 103 Å². The molecule has 1 heterocycles. The summed E-state index contributed by atoms with van der Waals surface area (Å²) in [5.41, 5.74) is 1.27. The molecule has 0 fully saturated rings. The molecule has 0 aliphatic carbocycles. The second-order valence-electron chi connectivity index (χ2n) is 4.49. The maximum Gasteiger partial charge on any atom is 0.406 e. The first kappa shape index (κ1) is 12.9. The van der Waals surface area contributed by atoms with Gasteiger partial charge in [0.25, 0.3) is 5.91 Å². The maximum atomic E-state index is 12.4. The topological polar surface area (TPSA) is 20.3 Å². The number of carbonyl (C=O) groups excluding carboxylic acids is 1. The van der Waals surface area contributed by atoms with Crippen molar-refractivity contribution in [3.8, 4) is 0 Å². The van der Waals surface area contributed by atoms with E-state index in [0.717, 1.165) is 16.9 Å². The largest absolute Gasteiger partial charge is 0.406 e. The zero-order valence-electron chi connectivity index (χ0n) is 10.00. The van der Waals surface area contributed by atoms with Crippen LogP contribution in [0.15, 0.2) is 24.3 Å². The van der Waals surface area contributed by atoms with Crippen LogP contribution in [0.4, 0.5) is 13.2 Å². The van der Waals surface area contributed by atoms with Crippen LogP contribution in [0.25, 0.3) is 0 Å². The third kappa shape index (κ3) is 2.49. The molecule has 2 nitrogen and oxygen atoms in total. The van der Waals surface area contributed by atoms with Crippen LogP contribution < -0.4 is 0 Å². The van der Waals surface area contributed by atoms with Gasteiger partial charge in [0.1, 0.15) is 6.54 Å². The van der Waals surface area contributed by atoms with Crippen molar-refractivity contribution in [2.45, 2.75) is 25.4 Å². The van der Waals surface area contributed by atoms with Gasteiger partial charge in [-0.2, -0.15) is 13.2 Å². The minimum absolute atomic E-state index is 0.0127. The van der Waals surface area contributed by atoms with E-state index in [2.05, 4.69) is 0 Å². The molecular formula is C13H14F3NO. The van der Waals surface area contributed by atoms with E-state index in [9.17, 15) is 18.0 Å². The lowest BCUT2D eigenvalue weighted by Gasteiger charge is -2.34. The van der Waals surface area contributed by atoms with E-state index in [1.807, 2.05) is 19.1 Å². The van der Waals surface area contributed by atoms with Crippen molar-refractivity contribution in [1.29, 1.82) is 0 Å². The van der Waals surface area contributed by atoms with Crippen molar-refractivity contribution in [1.82, 2.24) is 4.90 Å². The van der Waals surface area contributed by atoms with Crippen molar-refractivity contribution in [2.24, 2.45) is 0 Å². The molecule has 1 aliphatic heterocycles. The van der Waals surface area contributed by atoms with Gasteiger partial charge in [0.05, 0.1) is 0 Å². The zero-order chi connectivity index (χ0) is 13.3. The van der Waals surface area contributed by atoms with E-state index in [-0.39, 0.29) is 12.5 Å². The second kappa shape index (κ2) is 4.63. The summed E-state index contributed by atoms with van der Waals surface area (Å²) in [5, 5.41) is 0. The molecule has 1 amide bonds. The van der Waals surface area contributed by atoms with Gasteiger partial charge in [-0.15, -0.1) is 0 Å². The second-order valence-corrected chi connectivity index (χ2v) is 4.49. The molecule has 0 saturated heterocycles. The third-order valence-electron chi connectivity index (χ3n) is 3.22. The van der Waals surface area contributed by atoms with Crippen LogP contribution >= 0.6 is 0 Å². The van der Waals surface area contributed by atoms with Crippen LogP contribution in [0.3, 0.4) is 0 Å². The molecule has 98 valence electrons. The van der Waals surface area contributed by atoms with Gasteiger partial charge in [-0.1, -0.05) is 25.1 Å². The molecule has 1 aromatic rings. The lowest BCUT2D eigenvalue weighted by Crippen LogP contribution is -2.44. The van der Waals surface area contributed by atoms with Gasteiger partial charge in [-0.05, 0) is 18.1 Å². The molecule has 1 aromatic carbocycles. The average Bonchev–Trinajstić information content (AvgIpc) is 2.31. The van der Waals surface area contributed by atoms with Gasteiger partial charge in [-0.25, -0.2) is 0 Å². The first-order valence-electron chi connectivity index (χ1n) is 5.87. The Balaban J connectivity index is 2.32. The van der Waals surface area contributed by atoms with E-state index < -0.39 is 18.6 Å². The number of nitrogens with zero attached hydrogens (tertiary/aromatic N) is 1. The van der Waals surface area contributed by atoms with Crippen LogP contribution in [0.1, 0.15) is 35.2 Å². The summed E-state index contributed by atoms with van der Waals surface area (Å²) in [5.74, 6) is -0.533. The number of alkyl halides is 3. The average molecular weight is 257 g/mol. The number of hydrogen-bond acceptors (Lipinski definition) is 1. The molecule has 18 heavy (non-hydrogen) atoms. The van der Waals surface area contributed by atoms with Crippen molar-refractivity contribution >= 4 is 5.91 Å². The van der Waals surface area contributed by atoms with Crippen LogP contribution in [0, 0.1) is 0 Å². The lowest BCUT2D eigenvalue weighted by molar-refractivity contribution is -0.141. The Bertz CT molecular complexity index is 456. The van der Waals surface area contributed by atoms with Crippen molar-refractivity contribution in [2.75, 3.05) is 13.1 Å². The number of carbonyl (C=O) groups is 1. The minimum Gasteiger partial charge on any atom is -0.329 e. The Morgan fingerprint density at radius 3 is 2.61 bits per heavy atom. The molecular weight excluding hydrogens is 243 g/mol. The van der Waals surface area contributed by atoms with Crippen molar-refractivity contribution in [3.05, 3.63) is 35.4 Å². The van der Waals surface area contributed by atoms with Crippen molar-refractivity contribution in [3.63, 3.8) is 0 Å². The SMILES string of the molecule is CCC1CN(CC(F)(F)F)C(=O)c2ccccc21. The van der Waals surface area contributed by atoms with Crippen molar-refractivity contribution < 1.29 is 18.0 Å². The monoisotopic (exact) mass is 257 g/mol.